The molecule has 1 aromatic carbocycles. The van der Waals surface area contributed by atoms with E-state index >= 15 is 0 Å². The molecule has 0 amide bonds. The molecule has 0 heterocycles. The van der Waals surface area contributed by atoms with Crippen molar-refractivity contribution in [1.29, 1.82) is 0 Å². The number of carboxylic acids is 1. The standard InChI is InChI=1S/C10H12N2O5/c1-17-9-3-2-6(4-8(9)12(15)16)7(11)5-10(13)14/h2-4,7H,5,11H2,1H3,(H,13,14). The van der Waals surface area contributed by atoms with Crippen molar-refractivity contribution in [3.8, 4) is 5.75 Å². The van der Waals surface area contributed by atoms with E-state index in [0.29, 0.717) is 5.56 Å². The van der Waals surface area contributed by atoms with Crippen LogP contribution in [0.3, 0.4) is 0 Å². The van der Waals surface area contributed by atoms with Crippen molar-refractivity contribution in [1.82, 2.24) is 0 Å². The molecule has 0 saturated carbocycles. The van der Waals surface area contributed by atoms with Gasteiger partial charge < -0.3 is 15.6 Å². The lowest BCUT2D eigenvalue weighted by atomic mass is 10.0. The molecule has 0 aliphatic heterocycles. The Balaban J connectivity index is 3.07. The fraction of sp³-hybridized carbons (Fsp3) is 0.300. The van der Waals surface area contributed by atoms with Gasteiger partial charge >= 0.3 is 11.7 Å². The van der Waals surface area contributed by atoms with Crippen LogP contribution in [0.25, 0.3) is 0 Å². The average molecular weight is 240 g/mol. The number of carboxylic acid groups (broad SMARTS) is 1. The van der Waals surface area contributed by atoms with Crippen LogP contribution < -0.4 is 10.5 Å². The Hall–Kier alpha value is -2.15. The molecule has 0 saturated heterocycles. The van der Waals surface area contributed by atoms with Crippen LogP contribution in [0, 0.1) is 10.1 Å². The molecule has 1 unspecified atom stereocenters. The van der Waals surface area contributed by atoms with E-state index in [4.69, 9.17) is 15.6 Å². The smallest absolute Gasteiger partial charge is 0.311 e. The number of rotatable bonds is 5. The maximum atomic E-state index is 10.7. The Morgan fingerprint density at radius 2 is 2.29 bits per heavy atom. The summed E-state index contributed by atoms with van der Waals surface area (Å²) >= 11 is 0. The van der Waals surface area contributed by atoms with Crippen molar-refractivity contribution in [2.45, 2.75) is 12.5 Å². The van der Waals surface area contributed by atoms with Gasteiger partial charge in [0.15, 0.2) is 5.75 Å². The summed E-state index contributed by atoms with van der Waals surface area (Å²) in [6, 6.07) is 3.36. The van der Waals surface area contributed by atoms with Gasteiger partial charge in [-0.05, 0) is 11.6 Å². The van der Waals surface area contributed by atoms with Crippen LogP contribution in [-0.4, -0.2) is 23.1 Å². The van der Waals surface area contributed by atoms with Crippen molar-refractivity contribution >= 4 is 11.7 Å². The molecule has 0 radical (unpaired) electrons. The van der Waals surface area contributed by atoms with E-state index in [0.717, 1.165) is 0 Å². The van der Waals surface area contributed by atoms with Crippen molar-refractivity contribution in [2.75, 3.05) is 7.11 Å². The fourth-order valence-corrected chi connectivity index (χ4v) is 1.39. The second kappa shape index (κ2) is 5.26. The molecule has 0 bridgehead atoms. The average Bonchev–Trinajstić information content (AvgIpc) is 2.27. The molecule has 92 valence electrons. The molecule has 0 aromatic heterocycles. The van der Waals surface area contributed by atoms with Crippen LogP contribution in [0.5, 0.6) is 5.75 Å². The Kier molecular flexibility index (Phi) is 4.00. The number of methoxy groups -OCH3 is 1. The number of aliphatic carboxylic acids is 1. The molecular formula is C10H12N2O5. The van der Waals surface area contributed by atoms with Gasteiger partial charge in [-0.25, -0.2) is 0 Å². The third kappa shape index (κ3) is 3.15. The zero-order valence-corrected chi connectivity index (χ0v) is 9.12. The van der Waals surface area contributed by atoms with Gasteiger partial charge in [0.25, 0.3) is 0 Å². The van der Waals surface area contributed by atoms with E-state index in [1.54, 1.807) is 0 Å². The van der Waals surface area contributed by atoms with E-state index in [1.807, 2.05) is 0 Å². The van der Waals surface area contributed by atoms with Gasteiger partial charge in [-0.3, -0.25) is 14.9 Å². The van der Waals surface area contributed by atoms with Crippen molar-refractivity contribution in [2.24, 2.45) is 5.73 Å². The quantitative estimate of drug-likeness (QED) is 0.587. The van der Waals surface area contributed by atoms with Crippen molar-refractivity contribution in [3.63, 3.8) is 0 Å². The monoisotopic (exact) mass is 240 g/mol. The number of carbonyl (C=O) groups is 1. The lowest BCUT2D eigenvalue weighted by Crippen LogP contribution is -2.15. The maximum absolute atomic E-state index is 10.7. The first-order chi connectivity index (χ1) is 7.95. The first-order valence-electron chi connectivity index (χ1n) is 4.75. The SMILES string of the molecule is COc1ccc(C(N)CC(=O)O)cc1[N+](=O)[O-]. The second-order valence-corrected chi connectivity index (χ2v) is 3.39. The maximum Gasteiger partial charge on any atom is 0.311 e. The summed E-state index contributed by atoms with van der Waals surface area (Å²) < 4.78 is 4.82. The van der Waals surface area contributed by atoms with Crippen LogP contribution in [0.4, 0.5) is 5.69 Å². The molecular weight excluding hydrogens is 228 g/mol. The number of nitro benzene ring substituents is 1. The van der Waals surface area contributed by atoms with Crippen molar-refractivity contribution in [3.05, 3.63) is 33.9 Å². The van der Waals surface area contributed by atoms with E-state index < -0.39 is 16.9 Å². The number of nitrogens with two attached hydrogens (primary N) is 1. The van der Waals surface area contributed by atoms with Crippen LogP contribution >= 0.6 is 0 Å². The molecule has 0 aliphatic rings. The summed E-state index contributed by atoms with van der Waals surface area (Å²) in [4.78, 5) is 20.6. The number of hydrogen-bond donors (Lipinski definition) is 2. The van der Waals surface area contributed by atoms with Crippen molar-refractivity contribution < 1.29 is 19.6 Å². The lowest BCUT2D eigenvalue weighted by molar-refractivity contribution is -0.385. The summed E-state index contributed by atoms with van der Waals surface area (Å²) in [6.45, 7) is 0. The number of benzene rings is 1. The highest BCUT2D eigenvalue weighted by Crippen LogP contribution is 2.29. The third-order valence-electron chi connectivity index (χ3n) is 2.22. The van der Waals surface area contributed by atoms with Crippen LogP contribution in [0.1, 0.15) is 18.0 Å². The summed E-state index contributed by atoms with van der Waals surface area (Å²) in [5, 5.41) is 19.3. The molecule has 1 aromatic rings. The van der Waals surface area contributed by atoms with Gasteiger partial charge in [0.05, 0.1) is 18.5 Å². The first-order valence-corrected chi connectivity index (χ1v) is 4.75. The molecule has 1 rings (SSSR count). The molecule has 0 aliphatic carbocycles. The highest BCUT2D eigenvalue weighted by molar-refractivity contribution is 5.68. The third-order valence-corrected chi connectivity index (χ3v) is 2.22. The molecule has 0 spiro atoms. The summed E-state index contributed by atoms with van der Waals surface area (Å²) in [7, 11) is 1.32. The van der Waals surface area contributed by atoms with Gasteiger partial charge in [-0.15, -0.1) is 0 Å². The lowest BCUT2D eigenvalue weighted by Gasteiger charge is -2.10. The summed E-state index contributed by atoms with van der Waals surface area (Å²) in [5.41, 5.74) is 5.77. The zero-order valence-electron chi connectivity index (χ0n) is 9.12. The van der Waals surface area contributed by atoms with E-state index in [1.165, 1.54) is 25.3 Å². The highest BCUT2D eigenvalue weighted by Gasteiger charge is 2.18. The predicted molar refractivity (Wildman–Crippen MR) is 58.8 cm³/mol. The predicted octanol–water partition coefficient (Wildman–Crippen LogP) is 1.08. The topological polar surface area (TPSA) is 116 Å². The number of nitrogens with zero attached hydrogens (tertiary/aromatic N) is 1. The van der Waals surface area contributed by atoms with Crippen LogP contribution in [0.15, 0.2) is 18.2 Å². The first kappa shape index (κ1) is 12.9. The number of hydrogen-bond acceptors (Lipinski definition) is 5. The molecule has 7 heteroatoms. The molecule has 3 N–H and O–H groups in total. The number of nitro groups is 1. The van der Waals surface area contributed by atoms with Gasteiger partial charge in [-0.1, -0.05) is 6.07 Å². The van der Waals surface area contributed by atoms with E-state index in [9.17, 15) is 14.9 Å². The van der Waals surface area contributed by atoms with Crippen LogP contribution in [-0.2, 0) is 4.79 Å². The van der Waals surface area contributed by atoms with Gasteiger partial charge in [0, 0.05) is 12.1 Å². The minimum Gasteiger partial charge on any atom is -0.490 e. The summed E-state index contributed by atoms with van der Waals surface area (Å²) in [5.74, 6) is -0.947. The van der Waals surface area contributed by atoms with Gasteiger partial charge in [-0.2, -0.15) is 0 Å². The molecule has 7 nitrogen and oxygen atoms in total. The van der Waals surface area contributed by atoms with Crippen LogP contribution in [0.2, 0.25) is 0 Å². The normalized spacial score (nSPS) is 11.9. The Morgan fingerprint density at radius 3 is 2.76 bits per heavy atom. The summed E-state index contributed by atoms with van der Waals surface area (Å²) in [6.07, 6.45) is -0.288. The van der Waals surface area contributed by atoms with Gasteiger partial charge in [0.2, 0.25) is 0 Å². The number of ether oxygens (including phenoxy) is 1. The van der Waals surface area contributed by atoms with Gasteiger partial charge in [0.1, 0.15) is 0 Å². The minimum absolute atomic E-state index is 0.112. The van der Waals surface area contributed by atoms with E-state index in [2.05, 4.69) is 0 Å². The molecule has 0 fully saturated rings. The second-order valence-electron chi connectivity index (χ2n) is 3.39. The highest BCUT2D eigenvalue weighted by atomic mass is 16.6. The minimum atomic E-state index is -1.06. The fourth-order valence-electron chi connectivity index (χ4n) is 1.39. The largest absolute Gasteiger partial charge is 0.490 e. The molecule has 1 atom stereocenters. The molecule has 17 heavy (non-hydrogen) atoms. The Bertz CT molecular complexity index is 446. The Morgan fingerprint density at radius 1 is 1.65 bits per heavy atom. The van der Waals surface area contributed by atoms with E-state index in [-0.39, 0.29) is 17.9 Å². The Labute approximate surface area is 97.0 Å². The zero-order chi connectivity index (χ0) is 13.0.